The lowest BCUT2D eigenvalue weighted by atomic mass is 10.1. The highest BCUT2D eigenvalue weighted by atomic mass is 32.2. The summed E-state index contributed by atoms with van der Waals surface area (Å²) in [5, 5.41) is 7.32. The maximum absolute atomic E-state index is 12.2. The summed E-state index contributed by atoms with van der Waals surface area (Å²) in [6, 6.07) is 5.03. The van der Waals surface area contributed by atoms with Crippen molar-refractivity contribution in [2.45, 2.75) is 25.4 Å². The molecule has 1 aromatic heterocycles. The maximum atomic E-state index is 12.2. The number of carbonyl (C=O) groups is 1. The van der Waals surface area contributed by atoms with Crippen LogP contribution in [0.25, 0.3) is 10.9 Å². The molecule has 1 aliphatic heterocycles. The Morgan fingerprint density at radius 2 is 2.27 bits per heavy atom. The van der Waals surface area contributed by atoms with Crippen molar-refractivity contribution in [3.63, 3.8) is 0 Å². The summed E-state index contributed by atoms with van der Waals surface area (Å²) in [6.07, 6.45) is 3.83. The van der Waals surface area contributed by atoms with Crippen LogP contribution < -0.4 is 4.72 Å². The summed E-state index contributed by atoms with van der Waals surface area (Å²) in [7, 11) is -3.74. The number of H-pyrrole nitrogens is 1. The fourth-order valence-electron chi connectivity index (χ4n) is 2.58. The standard InChI is InChI=1S/C14H17N3O4S/c18-14(12-6-3-4-10-8-15-16-13(10)12)17-22(19,20)9-11-5-1-2-7-21-11/h3-4,6,8,11H,1-2,5,7,9H2,(H,15,16)(H,17,18). The number of rotatable bonds is 4. The second-order valence-electron chi connectivity index (χ2n) is 5.34. The van der Waals surface area contributed by atoms with Crippen molar-refractivity contribution in [1.82, 2.24) is 14.9 Å². The molecule has 2 aromatic rings. The van der Waals surface area contributed by atoms with Crippen LogP contribution in [0.4, 0.5) is 0 Å². The maximum Gasteiger partial charge on any atom is 0.266 e. The number of ether oxygens (including phenoxy) is 1. The second-order valence-corrected chi connectivity index (χ2v) is 7.11. The van der Waals surface area contributed by atoms with Crippen LogP contribution in [0, 0.1) is 0 Å². The number of nitrogens with one attached hydrogen (secondary N) is 2. The van der Waals surface area contributed by atoms with Crippen LogP contribution in [-0.2, 0) is 14.8 Å². The van der Waals surface area contributed by atoms with Crippen LogP contribution in [0.3, 0.4) is 0 Å². The van der Waals surface area contributed by atoms with Gasteiger partial charge in [-0.1, -0.05) is 12.1 Å². The topological polar surface area (TPSA) is 101 Å². The van der Waals surface area contributed by atoms with Crippen LogP contribution in [0.1, 0.15) is 29.6 Å². The molecule has 1 saturated heterocycles. The number of carbonyl (C=O) groups excluding carboxylic acids is 1. The zero-order valence-corrected chi connectivity index (χ0v) is 12.7. The largest absolute Gasteiger partial charge is 0.377 e. The normalized spacial score (nSPS) is 19.2. The van der Waals surface area contributed by atoms with E-state index in [9.17, 15) is 13.2 Å². The van der Waals surface area contributed by atoms with Gasteiger partial charge in [0.25, 0.3) is 5.91 Å². The first-order valence-electron chi connectivity index (χ1n) is 7.14. The number of hydrogen-bond acceptors (Lipinski definition) is 5. The molecule has 2 N–H and O–H groups in total. The Morgan fingerprint density at radius 3 is 3.05 bits per heavy atom. The molecule has 0 radical (unpaired) electrons. The SMILES string of the molecule is O=C(NS(=O)(=O)CC1CCCCO1)c1cccc2cn[nH]c12. The number of aromatic amines is 1. The van der Waals surface area contributed by atoms with Crippen molar-refractivity contribution in [3.8, 4) is 0 Å². The summed E-state index contributed by atoms with van der Waals surface area (Å²) < 4.78 is 31.8. The van der Waals surface area contributed by atoms with Crippen LogP contribution >= 0.6 is 0 Å². The summed E-state index contributed by atoms with van der Waals surface area (Å²) >= 11 is 0. The molecule has 1 amide bonds. The van der Waals surface area contributed by atoms with Crippen molar-refractivity contribution < 1.29 is 17.9 Å². The van der Waals surface area contributed by atoms with Crippen molar-refractivity contribution in [2.75, 3.05) is 12.4 Å². The van der Waals surface area contributed by atoms with E-state index in [4.69, 9.17) is 4.74 Å². The van der Waals surface area contributed by atoms with Gasteiger partial charge in [0.2, 0.25) is 10.0 Å². The smallest absolute Gasteiger partial charge is 0.266 e. The van der Waals surface area contributed by atoms with E-state index >= 15 is 0 Å². The molecule has 1 aromatic carbocycles. The van der Waals surface area contributed by atoms with E-state index in [1.54, 1.807) is 24.4 Å². The first-order chi connectivity index (χ1) is 10.6. The predicted molar refractivity (Wildman–Crippen MR) is 80.9 cm³/mol. The number of amides is 1. The molecular weight excluding hydrogens is 306 g/mol. The second kappa shape index (κ2) is 6.05. The van der Waals surface area contributed by atoms with E-state index in [1.807, 2.05) is 0 Å². The zero-order chi connectivity index (χ0) is 15.6. The lowest BCUT2D eigenvalue weighted by Crippen LogP contribution is -2.38. The average Bonchev–Trinajstić information content (AvgIpc) is 2.95. The first-order valence-corrected chi connectivity index (χ1v) is 8.79. The highest BCUT2D eigenvalue weighted by Gasteiger charge is 2.24. The Bertz CT molecular complexity index is 778. The number of sulfonamides is 1. The molecule has 1 aliphatic rings. The molecule has 118 valence electrons. The molecule has 3 rings (SSSR count). The number of nitrogens with zero attached hydrogens (tertiary/aromatic N) is 1. The van der Waals surface area contributed by atoms with Gasteiger partial charge in [0.05, 0.1) is 29.1 Å². The molecule has 0 saturated carbocycles. The van der Waals surface area contributed by atoms with Crippen molar-refractivity contribution in [1.29, 1.82) is 0 Å². The Labute approximate surface area is 128 Å². The molecule has 1 fully saturated rings. The number of hydrogen-bond donors (Lipinski definition) is 2. The minimum atomic E-state index is -3.74. The third-order valence-electron chi connectivity index (χ3n) is 3.65. The Hall–Kier alpha value is -1.93. The van der Waals surface area contributed by atoms with Gasteiger partial charge in [-0.25, -0.2) is 13.1 Å². The molecule has 0 aliphatic carbocycles. The lowest BCUT2D eigenvalue weighted by molar-refractivity contribution is 0.0304. The monoisotopic (exact) mass is 323 g/mol. The van der Waals surface area contributed by atoms with E-state index in [1.165, 1.54) is 0 Å². The number of benzene rings is 1. The predicted octanol–water partition coefficient (Wildman–Crippen LogP) is 1.19. The minimum absolute atomic E-state index is 0.197. The number of para-hydroxylation sites is 1. The zero-order valence-electron chi connectivity index (χ0n) is 11.9. The molecule has 22 heavy (non-hydrogen) atoms. The van der Waals surface area contributed by atoms with Gasteiger partial charge in [-0.3, -0.25) is 9.89 Å². The first kappa shape index (κ1) is 15.0. The highest BCUT2D eigenvalue weighted by molar-refractivity contribution is 7.90. The third-order valence-corrected chi connectivity index (χ3v) is 4.96. The fraction of sp³-hybridized carbons (Fsp3) is 0.429. The summed E-state index contributed by atoms with van der Waals surface area (Å²) in [5.41, 5.74) is 0.771. The molecule has 7 nitrogen and oxygen atoms in total. The van der Waals surface area contributed by atoms with Gasteiger partial charge in [-0.2, -0.15) is 5.10 Å². The van der Waals surface area contributed by atoms with Crippen molar-refractivity contribution in [2.24, 2.45) is 0 Å². The van der Waals surface area contributed by atoms with Gasteiger partial charge in [-0.05, 0) is 25.3 Å². The fourth-order valence-corrected chi connectivity index (χ4v) is 3.81. The summed E-state index contributed by atoms with van der Waals surface area (Å²) in [5.74, 6) is -0.858. The van der Waals surface area contributed by atoms with E-state index in [0.29, 0.717) is 18.5 Å². The number of aromatic nitrogens is 2. The van der Waals surface area contributed by atoms with E-state index in [-0.39, 0.29) is 17.4 Å². The van der Waals surface area contributed by atoms with Crippen LogP contribution in [0.15, 0.2) is 24.4 Å². The summed E-state index contributed by atoms with van der Waals surface area (Å²) in [6.45, 7) is 0.571. The van der Waals surface area contributed by atoms with Crippen LogP contribution in [-0.4, -0.2) is 43.0 Å². The van der Waals surface area contributed by atoms with Crippen LogP contribution in [0.5, 0.6) is 0 Å². The number of fused-ring (bicyclic) bond motifs is 1. The molecule has 0 bridgehead atoms. The molecule has 0 spiro atoms. The van der Waals surface area contributed by atoms with E-state index in [0.717, 1.165) is 18.2 Å². The Balaban J connectivity index is 1.74. The minimum Gasteiger partial charge on any atom is -0.377 e. The Kier molecular flexibility index (Phi) is 4.12. The highest BCUT2D eigenvalue weighted by Crippen LogP contribution is 2.17. The van der Waals surface area contributed by atoms with Gasteiger partial charge in [0.15, 0.2) is 0 Å². The van der Waals surface area contributed by atoms with Gasteiger partial charge in [0, 0.05) is 12.0 Å². The van der Waals surface area contributed by atoms with Crippen LogP contribution in [0.2, 0.25) is 0 Å². The molecule has 8 heteroatoms. The van der Waals surface area contributed by atoms with Gasteiger partial charge in [0.1, 0.15) is 0 Å². The van der Waals surface area contributed by atoms with Gasteiger partial charge < -0.3 is 4.74 Å². The van der Waals surface area contributed by atoms with Crippen molar-refractivity contribution >= 4 is 26.8 Å². The van der Waals surface area contributed by atoms with E-state index in [2.05, 4.69) is 14.9 Å². The summed E-state index contributed by atoms with van der Waals surface area (Å²) in [4.78, 5) is 12.2. The van der Waals surface area contributed by atoms with Gasteiger partial charge >= 0.3 is 0 Å². The Morgan fingerprint density at radius 1 is 1.41 bits per heavy atom. The quantitative estimate of drug-likeness (QED) is 0.880. The third kappa shape index (κ3) is 3.28. The molecule has 2 heterocycles. The molecule has 1 atom stereocenters. The van der Waals surface area contributed by atoms with Gasteiger partial charge in [-0.15, -0.1) is 0 Å². The average molecular weight is 323 g/mol. The molecular formula is C14H17N3O4S. The van der Waals surface area contributed by atoms with Crippen molar-refractivity contribution in [3.05, 3.63) is 30.0 Å². The molecule has 1 unspecified atom stereocenters. The van der Waals surface area contributed by atoms with E-state index < -0.39 is 15.9 Å². The lowest BCUT2D eigenvalue weighted by Gasteiger charge is -2.22.